The van der Waals surface area contributed by atoms with Crippen LogP contribution in [0.4, 0.5) is 0 Å². The summed E-state index contributed by atoms with van der Waals surface area (Å²) < 4.78 is 1.39. The molecule has 1 aromatic carbocycles. The van der Waals surface area contributed by atoms with Gasteiger partial charge in [-0.15, -0.1) is 0 Å². The minimum Gasteiger partial charge on any atom is -0.336 e. The topological polar surface area (TPSA) is 69.6 Å². The molecule has 0 saturated heterocycles. The molecule has 0 fully saturated rings. The third kappa shape index (κ3) is 1.22. The molecule has 0 atom stereocenters. The van der Waals surface area contributed by atoms with Gasteiger partial charge in [-0.1, -0.05) is 30.3 Å². The highest BCUT2D eigenvalue weighted by Crippen LogP contribution is 2.22. The lowest BCUT2D eigenvalue weighted by Gasteiger charge is -2.00. The maximum atomic E-state index is 5.69. The molecular formula is C11H9N5. The number of nitrogens with two attached hydrogens (primary N) is 1. The fraction of sp³-hybridized carbons (Fsp3) is 0. The Hall–Kier alpha value is -2.43. The minimum absolute atomic E-state index is 0.633. The third-order valence-corrected chi connectivity index (χ3v) is 2.41. The van der Waals surface area contributed by atoms with Gasteiger partial charge in [0.1, 0.15) is 23.9 Å². The first-order valence-corrected chi connectivity index (χ1v) is 4.85. The summed E-state index contributed by atoms with van der Waals surface area (Å²) in [5, 5.41) is 0. The molecule has 5 heteroatoms. The van der Waals surface area contributed by atoms with E-state index in [9.17, 15) is 0 Å². The Kier molecular flexibility index (Phi) is 1.83. The van der Waals surface area contributed by atoms with Crippen LogP contribution in [-0.2, 0) is 0 Å². The molecular weight excluding hydrogens is 202 g/mol. The number of benzene rings is 1. The summed E-state index contributed by atoms with van der Waals surface area (Å²) in [5.41, 5.74) is 3.16. The molecule has 3 rings (SSSR count). The molecule has 0 amide bonds. The van der Waals surface area contributed by atoms with E-state index >= 15 is 0 Å². The maximum absolute atomic E-state index is 5.69. The van der Waals surface area contributed by atoms with E-state index in [-0.39, 0.29) is 0 Å². The molecule has 0 aliphatic carbocycles. The summed E-state index contributed by atoms with van der Waals surface area (Å²) in [6, 6.07) is 9.85. The molecule has 0 unspecified atom stereocenters. The Morgan fingerprint density at radius 2 is 1.81 bits per heavy atom. The fourth-order valence-electron chi connectivity index (χ4n) is 1.66. The lowest BCUT2D eigenvalue weighted by atomic mass is 10.1. The van der Waals surface area contributed by atoms with Crippen molar-refractivity contribution in [1.82, 2.24) is 19.6 Å². The molecule has 0 saturated carbocycles. The summed E-state index contributed by atoms with van der Waals surface area (Å²) in [6.45, 7) is 0. The molecule has 2 heterocycles. The van der Waals surface area contributed by atoms with Gasteiger partial charge in [0.2, 0.25) is 0 Å². The Bertz CT molecular complexity index is 629. The van der Waals surface area contributed by atoms with E-state index in [1.807, 2.05) is 30.3 Å². The van der Waals surface area contributed by atoms with Crippen molar-refractivity contribution >= 4 is 11.2 Å². The standard InChI is InChI=1S/C11H9N5/c12-16-7-15-10-9(13-6-14-11(10)16)8-4-2-1-3-5-8/h1-7H,12H2. The Morgan fingerprint density at radius 1 is 1.00 bits per heavy atom. The van der Waals surface area contributed by atoms with Crippen LogP contribution >= 0.6 is 0 Å². The van der Waals surface area contributed by atoms with Crippen molar-refractivity contribution in [1.29, 1.82) is 0 Å². The Balaban J connectivity index is 2.32. The normalized spacial score (nSPS) is 10.8. The van der Waals surface area contributed by atoms with Crippen molar-refractivity contribution in [2.45, 2.75) is 0 Å². The Labute approximate surface area is 91.6 Å². The van der Waals surface area contributed by atoms with Crippen molar-refractivity contribution < 1.29 is 0 Å². The highest BCUT2D eigenvalue weighted by Gasteiger charge is 2.09. The third-order valence-electron chi connectivity index (χ3n) is 2.41. The van der Waals surface area contributed by atoms with Crippen molar-refractivity contribution in [3.8, 4) is 11.3 Å². The van der Waals surface area contributed by atoms with Crippen LogP contribution in [0.5, 0.6) is 0 Å². The van der Waals surface area contributed by atoms with Crippen LogP contribution < -0.4 is 5.84 Å². The van der Waals surface area contributed by atoms with Crippen molar-refractivity contribution in [3.05, 3.63) is 43.0 Å². The Morgan fingerprint density at radius 3 is 2.62 bits per heavy atom. The summed E-state index contributed by atoms with van der Waals surface area (Å²) in [7, 11) is 0. The number of fused-ring (bicyclic) bond motifs is 1. The van der Waals surface area contributed by atoms with E-state index in [2.05, 4.69) is 15.0 Å². The number of hydrogen-bond acceptors (Lipinski definition) is 4. The van der Waals surface area contributed by atoms with Gasteiger partial charge in [0.05, 0.1) is 0 Å². The zero-order valence-corrected chi connectivity index (χ0v) is 8.41. The van der Waals surface area contributed by atoms with Gasteiger partial charge in [-0.3, -0.25) is 0 Å². The van der Waals surface area contributed by atoms with Crippen LogP contribution in [0, 0.1) is 0 Å². The number of nitrogen functional groups attached to an aromatic ring is 1. The van der Waals surface area contributed by atoms with Crippen molar-refractivity contribution in [3.63, 3.8) is 0 Å². The number of nitrogens with zero attached hydrogens (tertiary/aromatic N) is 4. The zero-order valence-electron chi connectivity index (χ0n) is 8.41. The second kappa shape index (κ2) is 3.30. The minimum atomic E-state index is 0.633. The van der Waals surface area contributed by atoms with Crippen LogP contribution in [0.15, 0.2) is 43.0 Å². The van der Waals surface area contributed by atoms with Gasteiger partial charge in [-0.2, -0.15) is 0 Å². The molecule has 5 nitrogen and oxygen atoms in total. The van der Waals surface area contributed by atoms with Crippen LogP contribution in [-0.4, -0.2) is 19.6 Å². The summed E-state index contributed by atoms with van der Waals surface area (Å²) in [5.74, 6) is 5.69. The molecule has 0 spiro atoms. The first-order chi connectivity index (χ1) is 7.86. The second-order valence-corrected chi connectivity index (χ2v) is 3.41. The predicted molar refractivity (Wildman–Crippen MR) is 60.9 cm³/mol. The molecule has 0 bridgehead atoms. The maximum Gasteiger partial charge on any atom is 0.182 e. The lowest BCUT2D eigenvalue weighted by Crippen LogP contribution is -2.06. The smallest absolute Gasteiger partial charge is 0.182 e. The average Bonchev–Trinajstić information content (AvgIpc) is 2.73. The van der Waals surface area contributed by atoms with E-state index in [1.54, 1.807) is 0 Å². The molecule has 0 aliphatic rings. The molecule has 0 aliphatic heterocycles. The van der Waals surface area contributed by atoms with Gasteiger partial charge in [0, 0.05) is 5.56 Å². The van der Waals surface area contributed by atoms with Gasteiger partial charge < -0.3 is 5.84 Å². The van der Waals surface area contributed by atoms with Crippen molar-refractivity contribution in [2.75, 3.05) is 5.84 Å². The highest BCUT2D eigenvalue weighted by molar-refractivity contribution is 5.86. The molecule has 0 radical (unpaired) electrons. The lowest BCUT2D eigenvalue weighted by molar-refractivity contribution is 1.01. The van der Waals surface area contributed by atoms with Gasteiger partial charge >= 0.3 is 0 Å². The molecule has 2 N–H and O–H groups in total. The number of rotatable bonds is 1. The predicted octanol–water partition coefficient (Wildman–Crippen LogP) is 1.21. The van der Waals surface area contributed by atoms with Crippen LogP contribution in [0.3, 0.4) is 0 Å². The molecule has 78 valence electrons. The van der Waals surface area contributed by atoms with Crippen LogP contribution in [0.1, 0.15) is 0 Å². The summed E-state index contributed by atoms with van der Waals surface area (Å²) >= 11 is 0. The van der Waals surface area contributed by atoms with Gasteiger partial charge in [-0.05, 0) is 0 Å². The second-order valence-electron chi connectivity index (χ2n) is 3.41. The number of imidazole rings is 1. The van der Waals surface area contributed by atoms with Gasteiger partial charge in [-0.25, -0.2) is 19.6 Å². The van der Waals surface area contributed by atoms with Crippen molar-refractivity contribution in [2.24, 2.45) is 0 Å². The largest absolute Gasteiger partial charge is 0.336 e. The van der Waals surface area contributed by atoms with Crippen LogP contribution in [0.2, 0.25) is 0 Å². The fourth-order valence-corrected chi connectivity index (χ4v) is 1.66. The number of aromatic nitrogens is 4. The van der Waals surface area contributed by atoms with Gasteiger partial charge in [0.15, 0.2) is 5.65 Å². The number of hydrogen-bond donors (Lipinski definition) is 1. The van der Waals surface area contributed by atoms with E-state index in [0.29, 0.717) is 5.65 Å². The average molecular weight is 211 g/mol. The van der Waals surface area contributed by atoms with E-state index in [1.165, 1.54) is 17.3 Å². The SMILES string of the molecule is Nn1cnc2c(-c3ccccc3)ncnc21. The molecule has 16 heavy (non-hydrogen) atoms. The molecule has 2 aromatic heterocycles. The monoisotopic (exact) mass is 211 g/mol. The van der Waals surface area contributed by atoms with E-state index < -0.39 is 0 Å². The first-order valence-electron chi connectivity index (χ1n) is 4.85. The van der Waals surface area contributed by atoms with E-state index in [4.69, 9.17) is 5.84 Å². The molecule has 3 aromatic rings. The summed E-state index contributed by atoms with van der Waals surface area (Å²) in [4.78, 5) is 12.5. The van der Waals surface area contributed by atoms with Crippen LogP contribution in [0.25, 0.3) is 22.4 Å². The zero-order chi connectivity index (χ0) is 11.0. The van der Waals surface area contributed by atoms with E-state index in [0.717, 1.165) is 16.8 Å². The highest BCUT2D eigenvalue weighted by atomic mass is 15.3. The summed E-state index contributed by atoms with van der Waals surface area (Å²) in [6.07, 6.45) is 3.03. The first kappa shape index (κ1) is 8.84. The van der Waals surface area contributed by atoms with Gasteiger partial charge in [0.25, 0.3) is 0 Å². The quantitative estimate of drug-likeness (QED) is 0.614.